The summed E-state index contributed by atoms with van der Waals surface area (Å²) in [5.41, 5.74) is -1.56. The van der Waals surface area contributed by atoms with Gasteiger partial charge in [-0.2, -0.15) is 5.26 Å². The van der Waals surface area contributed by atoms with Crippen LogP contribution in [0.4, 0.5) is 0 Å². The maximum atomic E-state index is 15.3. The number of benzene rings is 6. The highest BCUT2D eigenvalue weighted by Crippen LogP contribution is 2.64. The van der Waals surface area contributed by atoms with E-state index in [1.165, 1.54) is 7.11 Å². The van der Waals surface area contributed by atoms with Crippen molar-refractivity contribution in [3.05, 3.63) is 165 Å². The standard InChI is InChI=1S/C42H31Br2NO4/c1-49-40(47)41(25-45)36(28-13-18-34(43)19-14-28)24-42(48,33-17-12-27-7-3-5-9-31(27)23-33)38(37(41)29-15-20-35(44)21-16-29)39(46)32-11-10-26-6-2-4-8-30(26)22-32/h2-23,36-38,48H,24H2,1H3/t36-,37+,38+,41+,42-/m0/s1. The summed E-state index contributed by atoms with van der Waals surface area (Å²) in [6.07, 6.45) is -0.0906. The summed E-state index contributed by atoms with van der Waals surface area (Å²) in [5, 5.41) is 28.5. The van der Waals surface area contributed by atoms with Crippen LogP contribution in [0.15, 0.2) is 142 Å². The monoisotopic (exact) mass is 771 g/mol. The van der Waals surface area contributed by atoms with Gasteiger partial charge in [0.1, 0.15) is 5.60 Å². The molecule has 1 aliphatic rings. The van der Waals surface area contributed by atoms with E-state index in [2.05, 4.69) is 37.9 Å². The van der Waals surface area contributed by atoms with Crippen molar-refractivity contribution in [2.75, 3.05) is 7.11 Å². The number of Topliss-reactive ketones (excluding diaryl/α,β-unsaturated/α-hetero) is 1. The second-order valence-corrected chi connectivity index (χ2v) is 14.5. The van der Waals surface area contributed by atoms with Crippen molar-refractivity contribution in [3.8, 4) is 6.07 Å². The molecule has 242 valence electrons. The molecule has 1 saturated carbocycles. The Balaban J connectivity index is 1.57. The zero-order valence-corrected chi connectivity index (χ0v) is 29.7. The Morgan fingerprint density at radius 2 is 1.27 bits per heavy atom. The van der Waals surface area contributed by atoms with Crippen LogP contribution in [-0.2, 0) is 15.1 Å². The number of halogens is 2. The predicted octanol–water partition coefficient (Wildman–Crippen LogP) is 9.86. The average Bonchev–Trinajstić information content (AvgIpc) is 3.14. The second kappa shape index (κ2) is 13.0. The van der Waals surface area contributed by atoms with Crippen molar-refractivity contribution >= 4 is 65.2 Å². The summed E-state index contributed by atoms with van der Waals surface area (Å²) < 4.78 is 7.10. The van der Waals surface area contributed by atoms with Crippen LogP contribution in [0.1, 0.15) is 45.3 Å². The molecule has 1 N–H and O–H groups in total. The van der Waals surface area contributed by atoms with Crippen molar-refractivity contribution in [1.29, 1.82) is 5.26 Å². The Labute approximate surface area is 301 Å². The molecule has 0 unspecified atom stereocenters. The fraction of sp³-hybridized carbons (Fsp3) is 0.167. The number of fused-ring (bicyclic) bond motifs is 2. The van der Waals surface area contributed by atoms with E-state index in [0.717, 1.165) is 30.5 Å². The van der Waals surface area contributed by atoms with E-state index < -0.39 is 34.7 Å². The molecular formula is C42H31Br2NO4. The van der Waals surface area contributed by atoms with Crippen LogP contribution in [0.3, 0.4) is 0 Å². The number of aliphatic hydroxyl groups is 1. The predicted molar refractivity (Wildman–Crippen MR) is 198 cm³/mol. The lowest BCUT2D eigenvalue weighted by atomic mass is 9.47. The molecule has 7 rings (SSSR count). The number of ether oxygens (including phenoxy) is 1. The van der Waals surface area contributed by atoms with E-state index in [4.69, 9.17) is 4.74 Å². The number of ketones is 1. The van der Waals surface area contributed by atoms with Crippen LogP contribution < -0.4 is 0 Å². The van der Waals surface area contributed by atoms with Gasteiger partial charge in [0.05, 0.1) is 19.1 Å². The van der Waals surface area contributed by atoms with Gasteiger partial charge in [-0.25, -0.2) is 0 Å². The molecule has 0 amide bonds. The Kier molecular flexibility index (Phi) is 8.74. The van der Waals surface area contributed by atoms with Gasteiger partial charge in [-0.05, 0) is 81.1 Å². The van der Waals surface area contributed by atoms with Gasteiger partial charge in [0, 0.05) is 26.3 Å². The average molecular weight is 774 g/mol. The highest BCUT2D eigenvalue weighted by atomic mass is 79.9. The summed E-state index contributed by atoms with van der Waals surface area (Å²) in [6.45, 7) is 0. The smallest absolute Gasteiger partial charge is 0.327 e. The molecule has 0 saturated heterocycles. The Morgan fingerprint density at radius 3 is 1.84 bits per heavy atom. The highest BCUT2D eigenvalue weighted by molar-refractivity contribution is 9.10. The molecule has 1 fully saturated rings. The number of hydrogen-bond donors (Lipinski definition) is 1. The number of rotatable bonds is 6. The van der Waals surface area contributed by atoms with Gasteiger partial charge in [0.2, 0.25) is 0 Å². The number of methoxy groups -OCH3 is 1. The van der Waals surface area contributed by atoms with E-state index in [1.807, 2.05) is 127 Å². The van der Waals surface area contributed by atoms with Crippen molar-refractivity contribution < 1.29 is 19.4 Å². The van der Waals surface area contributed by atoms with E-state index in [1.54, 1.807) is 6.07 Å². The summed E-state index contributed by atoms with van der Waals surface area (Å²) in [6, 6.07) is 43.9. The van der Waals surface area contributed by atoms with Crippen LogP contribution in [0.25, 0.3) is 21.5 Å². The van der Waals surface area contributed by atoms with Crippen LogP contribution in [-0.4, -0.2) is 24.0 Å². The maximum absolute atomic E-state index is 15.3. The first-order valence-corrected chi connectivity index (χ1v) is 17.5. The van der Waals surface area contributed by atoms with E-state index in [0.29, 0.717) is 22.3 Å². The van der Waals surface area contributed by atoms with Gasteiger partial charge >= 0.3 is 5.97 Å². The van der Waals surface area contributed by atoms with Crippen molar-refractivity contribution in [2.45, 2.75) is 23.9 Å². The van der Waals surface area contributed by atoms with Crippen LogP contribution >= 0.6 is 31.9 Å². The molecule has 6 aromatic carbocycles. The normalized spacial score (nSPS) is 23.5. The van der Waals surface area contributed by atoms with Crippen LogP contribution in [0.5, 0.6) is 0 Å². The summed E-state index contributed by atoms with van der Waals surface area (Å²) in [4.78, 5) is 29.7. The first-order chi connectivity index (χ1) is 23.7. The zero-order valence-electron chi connectivity index (χ0n) is 26.5. The largest absolute Gasteiger partial charge is 0.468 e. The fourth-order valence-electron chi connectivity index (χ4n) is 7.83. The molecular weight excluding hydrogens is 742 g/mol. The van der Waals surface area contributed by atoms with E-state index in [-0.39, 0.29) is 12.2 Å². The summed E-state index contributed by atoms with van der Waals surface area (Å²) in [7, 11) is 1.27. The Morgan fingerprint density at radius 1 is 0.735 bits per heavy atom. The van der Waals surface area contributed by atoms with Gasteiger partial charge in [0.15, 0.2) is 11.2 Å². The van der Waals surface area contributed by atoms with Gasteiger partial charge in [-0.15, -0.1) is 0 Å². The van der Waals surface area contributed by atoms with Crippen molar-refractivity contribution in [1.82, 2.24) is 0 Å². The quantitative estimate of drug-likeness (QED) is 0.135. The molecule has 0 aliphatic heterocycles. The SMILES string of the molecule is COC(=O)[C@@]1(C#N)[C@H](c2ccc(Br)cc2)[C@H](C(=O)c2ccc3ccccc3c2)[C@@](O)(c2ccc3ccccc3c2)C[C@H]1c1ccc(Br)cc1. The van der Waals surface area contributed by atoms with Crippen molar-refractivity contribution in [3.63, 3.8) is 0 Å². The zero-order chi connectivity index (χ0) is 34.3. The van der Waals surface area contributed by atoms with Gasteiger partial charge in [0.25, 0.3) is 0 Å². The molecule has 5 atom stereocenters. The van der Waals surface area contributed by atoms with Gasteiger partial charge in [-0.1, -0.05) is 129 Å². The molecule has 0 heterocycles. The van der Waals surface area contributed by atoms with Crippen LogP contribution in [0.2, 0.25) is 0 Å². The number of nitrogens with zero attached hydrogens (tertiary/aromatic N) is 1. The molecule has 7 heteroatoms. The minimum absolute atomic E-state index is 0.0906. The molecule has 0 bridgehead atoms. The molecule has 0 radical (unpaired) electrons. The molecule has 0 spiro atoms. The fourth-order valence-corrected chi connectivity index (χ4v) is 8.36. The van der Waals surface area contributed by atoms with Gasteiger partial charge < -0.3 is 9.84 Å². The number of carbonyl (C=O) groups is 2. The highest BCUT2D eigenvalue weighted by Gasteiger charge is 2.67. The number of hydrogen-bond acceptors (Lipinski definition) is 5. The third kappa shape index (κ3) is 5.58. The number of nitriles is 1. The second-order valence-electron chi connectivity index (χ2n) is 12.7. The number of esters is 1. The summed E-state index contributed by atoms with van der Waals surface area (Å²) in [5.74, 6) is -4.36. The van der Waals surface area contributed by atoms with E-state index in [9.17, 15) is 15.2 Å². The third-order valence-electron chi connectivity index (χ3n) is 10.2. The molecule has 0 aromatic heterocycles. The minimum Gasteiger partial charge on any atom is -0.468 e. The first-order valence-electron chi connectivity index (χ1n) is 15.9. The lowest BCUT2D eigenvalue weighted by molar-refractivity contribution is -0.162. The van der Waals surface area contributed by atoms with Crippen LogP contribution in [0, 0.1) is 22.7 Å². The molecule has 6 aromatic rings. The first kappa shape index (κ1) is 32.9. The van der Waals surface area contributed by atoms with Gasteiger partial charge in [-0.3, -0.25) is 9.59 Å². The summed E-state index contributed by atoms with van der Waals surface area (Å²) >= 11 is 7.03. The Hall–Kier alpha value is -4.61. The molecule has 1 aliphatic carbocycles. The number of carbonyl (C=O) groups excluding carboxylic acids is 2. The minimum atomic E-state index is -1.89. The lowest BCUT2D eigenvalue weighted by Crippen LogP contribution is -2.59. The Bertz CT molecular complexity index is 2260. The van der Waals surface area contributed by atoms with Crippen molar-refractivity contribution in [2.24, 2.45) is 11.3 Å². The topological polar surface area (TPSA) is 87.4 Å². The lowest BCUT2D eigenvalue weighted by Gasteiger charge is -2.54. The molecule has 49 heavy (non-hydrogen) atoms. The maximum Gasteiger partial charge on any atom is 0.327 e. The van der Waals surface area contributed by atoms with E-state index >= 15 is 4.79 Å². The molecule has 5 nitrogen and oxygen atoms in total. The third-order valence-corrected chi connectivity index (χ3v) is 11.2.